The van der Waals surface area contributed by atoms with E-state index in [-0.39, 0.29) is 16.0 Å². The van der Waals surface area contributed by atoms with Crippen LogP contribution in [0.3, 0.4) is 0 Å². The molecule has 0 radical (unpaired) electrons. The summed E-state index contributed by atoms with van der Waals surface area (Å²) in [4.78, 5) is 33.5. The lowest BCUT2D eigenvalue weighted by Gasteiger charge is -2.26. The Hall–Kier alpha value is -0.950. The molecule has 14 heavy (non-hydrogen) atoms. The van der Waals surface area contributed by atoms with Crippen molar-refractivity contribution in [1.82, 2.24) is 10.0 Å². The third kappa shape index (κ3) is 1.93. The molecule has 0 bridgehead atoms. The zero-order valence-corrected chi connectivity index (χ0v) is 9.28. The van der Waals surface area contributed by atoms with Gasteiger partial charge in [0.25, 0.3) is 5.91 Å². The minimum atomic E-state index is -0.518. The van der Waals surface area contributed by atoms with Crippen LogP contribution in [-0.2, 0) is 14.4 Å². The van der Waals surface area contributed by atoms with Crippen LogP contribution >= 0.6 is 24.0 Å². The zero-order valence-electron chi connectivity index (χ0n) is 7.64. The van der Waals surface area contributed by atoms with Crippen LogP contribution in [0.15, 0.2) is 0 Å². The molecule has 0 atom stereocenters. The monoisotopic (exact) mass is 232 g/mol. The van der Waals surface area contributed by atoms with E-state index < -0.39 is 11.8 Å². The maximum absolute atomic E-state index is 11.3. The number of rotatable bonds is 1. The molecule has 0 aromatic heterocycles. The van der Waals surface area contributed by atoms with E-state index in [2.05, 4.69) is 0 Å². The van der Waals surface area contributed by atoms with Gasteiger partial charge in [-0.1, -0.05) is 24.0 Å². The summed E-state index contributed by atoms with van der Waals surface area (Å²) in [7, 11) is 0. The molecule has 1 heterocycles. The first kappa shape index (κ1) is 11.1. The van der Waals surface area contributed by atoms with Crippen molar-refractivity contribution in [3.8, 4) is 0 Å². The molecule has 0 spiro atoms. The Kier molecular flexibility index (Phi) is 3.22. The minimum Gasteiger partial charge on any atom is -0.273 e. The summed E-state index contributed by atoms with van der Waals surface area (Å²) in [6, 6.07) is 0. The highest BCUT2D eigenvalue weighted by atomic mass is 32.2. The standard InChI is InChI=1S/C7H8N2O3S2/c1-4(10)8(5(2)11)9-6(12)3-14-7(9)13/h3H2,1-2H3. The molecule has 1 saturated heterocycles. The molecule has 5 nitrogen and oxygen atoms in total. The molecule has 0 unspecified atom stereocenters. The van der Waals surface area contributed by atoms with E-state index in [0.29, 0.717) is 0 Å². The number of hydrogen-bond acceptors (Lipinski definition) is 5. The second-order valence-electron chi connectivity index (χ2n) is 2.61. The second kappa shape index (κ2) is 4.05. The molecule has 1 fully saturated rings. The van der Waals surface area contributed by atoms with Gasteiger partial charge >= 0.3 is 0 Å². The molecule has 0 aromatic carbocycles. The lowest BCUT2D eigenvalue weighted by Crippen LogP contribution is -2.50. The Morgan fingerprint density at radius 1 is 1.43 bits per heavy atom. The van der Waals surface area contributed by atoms with Gasteiger partial charge in [0, 0.05) is 13.8 Å². The van der Waals surface area contributed by atoms with Gasteiger partial charge in [0.1, 0.15) is 0 Å². The summed E-state index contributed by atoms with van der Waals surface area (Å²) >= 11 is 5.99. The fourth-order valence-corrected chi connectivity index (χ4v) is 2.08. The maximum Gasteiger partial charge on any atom is 0.258 e. The predicted octanol–water partition coefficient (Wildman–Crippen LogP) is 0.157. The Labute approximate surface area is 90.4 Å². The van der Waals surface area contributed by atoms with Gasteiger partial charge in [-0.15, -0.1) is 0 Å². The molecule has 1 aliphatic heterocycles. The van der Waals surface area contributed by atoms with Crippen molar-refractivity contribution in [2.24, 2.45) is 0 Å². The molecular formula is C7H8N2O3S2. The van der Waals surface area contributed by atoms with Crippen molar-refractivity contribution in [3.63, 3.8) is 0 Å². The molecular weight excluding hydrogens is 224 g/mol. The van der Waals surface area contributed by atoms with E-state index in [1.165, 1.54) is 13.8 Å². The van der Waals surface area contributed by atoms with Gasteiger partial charge in [0.2, 0.25) is 11.8 Å². The lowest BCUT2D eigenvalue weighted by atomic mass is 10.5. The van der Waals surface area contributed by atoms with Crippen LogP contribution in [0, 0.1) is 0 Å². The molecule has 1 aliphatic rings. The van der Waals surface area contributed by atoms with Gasteiger partial charge in [0.15, 0.2) is 4.32 Å². The first-order valence-corrected chi connectivity index (χ1v) is 5.15. The number of imide groups is 1. The summed E-state index contributed by atoms with van der Waals surface area (Å²) in [6.45, 7) is 2.42. The molecule has 1 rings (SSSR count). The first-order chi connectivity index (χ1) is 6.45. The number of thiocarbonyl (C=S) groups is 1. The fourth-order valence-electron chi connectivity index (χ4n) is 1.04. The van der Waals surface area contributed by atoms with E-state index in [0.717, 1.165) is 21.8 Å². The highest BCUT2D eigenvalue weighted by molar-refractivity contribution is 8.23. The van der Waals surface area contributed by atoms with Crippen LogP contribution in [0.2, 0.25) is 0 Å². The number of carbonyl (C=O) groups excluding carboxylic acids is 3. The second-order valence-corrected chi connectivity index (χ2v) is 4.22. The molecule has 0 aliphatic carbocycles. The number of hydrogen-bond donors (Lipinski definition) is 0. The van der Waals surface area contributed by atoms with E-state index in [4.69, 9.17) is 12.2 Å². The number of hydrazine groups is 1. The van der Waals surface area contributed by atoms with Crippen LogP contribution in [0.5, 0.6) is 0 Å². The predicted molar refractivity (Wildman–Crippen MR) is 55.1 cm³/mol. The lowest BCUT2D eigenvalue weighted by molar-refractivity contribution is -0.161. The van der Waals surface area contributed by atoms with Gasteiger partial charge in [-0.25, -0.2) is 0 Å². The number of nitrogens with zero attached hydrogens (tertiary/aromatic N) is 2. The normalized spacial score (nSPS) is 16.0. The molecule has 0 aromatic rings. The number of amides is 3. The topological polar surface area (TPSA) is 57.7 Å². The van der Waals surface area contributed by atoms with Crippen LogP contribution in [0.4, 0.5) is 0 Å². The van der Waals surface area contributed by atoms with E-state index in [1.807, 2.05) is 0 Å². The summed E-state index contributed by atoms with van der Waals surface area (Å²) in [5.41, 5.74) is 0. The smallest absolute Gasteiger partial charge is 0.258 e. The van der Waals surface area contributed by atoms with Gasteiger partial charge < -0.3 is 0 Å². The zero-order chi connectivity index (χ0) is 10.9. The SMILES string of the molecule is CC(=O)N(C(C)=O)N1C(=O)CSC1=S. The third-order valence-corrected chi connectivity index (χ3v) is 2.86. The largest absolute Gasteiger partial charge is 0.273 e. The molecule has 7 heteroatoms. The summed E-state index contributed by atoms with van der Waals surface area (Å²) in [5, 5.41) is 1.70. The molecule has 3 amide bonds. The Balaban J connectivity index is 2.98. The van der Waals surface area contributed by atoms with Crippen LogP contribution in [0.1, 0.15) is 13.8 Å². The highest BCUT2D eigenvalue weighted by Crippen LogP contribution is 2.21. The Morgan fingerprint density at radius 3 is 2.21 bits per heavy atom. The van der Waals surface area contributed by atoms with Crippen molar-refractivity contribution < 1.29 is 14.4 Å². The van der Waals surface area contributed by atoms with Crippen molar-refractivity contribution in [2.75, 3.05) is 5.75 Å². The van der Waals surface area contributed by atoms with Crippen molar-refractivity contribution >= 4 is 46.0 Å². The average molecular weight is 232 g/mol. The van der Waals surface area contributed by atoms with Crippen LogP contribution in [0.25, 0.3) is 0 Å². The highest BCUT2D eigenvalue weighted by Gasteiger charge is 2.35. The minimum absolute atomic E-state index is 0.176. The van der Waals surface area contributed by atoms with Gasteiger partial charge in [-0.2, -0.15) is 10.0 Å². The third-order valence-electron chi connectivity index (χ3n) is 1.52. The van der Waals surface area contributed by atoms with E-state index in [1.54, 1.807) is 0 Å². The molecule has 0 N–H and O–H groups in total. The van der Waals surface area contributed by atoms with Crippen molar-refractivity contribution in [1.29, 1.82) is 0 Å². The molecule has 0 saturated carbocycles. The summed E-state index contributed by atoms with van der Waals surface area (Å²) < 4.78 is 0.236. The van der Waals surface area contributed by atoms with Crippen molar-refractivity contribution in [3.05, 3.63) is 0 Å². The van der Waals surface area contributed by atoms with Crippen LogP contribution < -0.4 is 0 Å². The van der Waals surface area contributed by atoms with E-state index >= 15 is 0 Å². The van der Waals surface area contributed by atoms with Gasteiger partial charge in [0.05, 0.1) is 5.75 Å². The van der Waals surface area contributed by atoms with E-state index in [9.17, 15) is 14.4 Å². The average Bonchev–Trinajstić information content (AvgIpc) is 2.34. The van der Waals surface area contributed by atoms with Gasteiger partial charge in [-0.3, -0.25) is 14.4 Å². The summed E-state index contributed by atoms with van der Waals surface area (Å²) in [5.74, 6) is -1.20. The number of thioether (sulfide) groups is 1. The Morgan fingerprint density at radius 2 is 1.93 bits per heavy atom. The van der Waals surface area contributed by atoms with Crippen molar-refractivity contribution in [2.45, 2.75) is 13.8 Å². The fraction of sp³-hybridized carbons (Fsp3) is 0.429. The quantitative estimate of drug-likeness (QED) is 0.603. The van der Waals surface area contributed by atoms with Gasteiger partial charge in [-0.05, 0) is 0 Å². The first-order valence-electron chi connectivity index (χ1n) is 3.76. The summed E-state index contributed by atoms with van der Waals surface area (Å²) in [6.07, 6.45) is 0. The maximum atomic E-state index is 11.3. The molecule has 76 valence electrons. The van der Waals surface area contributed by atoms with Crippen LogP contribution in [-0.4, -0.2) is 37.8 Å². The Bertz CT molecular complexity index is 299. The number of carbonyl (C=O) groups is 3.